The molecule has 1 aromatic rings. The van der Waals surface area contributed by atoms with Crippen LogP contribution in [0.4, 0.5) is 26.3 Å². The van der Waals surface area contributed by atoms with Crippen molar-refractivity contribution in [3.05, 3.63) is 47.3 Å². The first kappa shape index (κ1) is 16.5. The van der Waals surface area contributed by atoms with Crippen molar-refractivity contribution >= 4 is 12.7 Å². The third kappa shape index (κ3) is 2.87. The van der Waals surface area contributed by atoms with Crippen LogP contribution in [0.15, 0.2) is 35.7 Å². The molecular formula is C14H11BF6O. The van der Waals surface area contributed by atoms with E-state index < -0.39 is 53.6 Å². The highest BCUT2D eigenvalue weighted by molar-refractivity contribution is 6.57. The Kier molecular flexibility index (Phi) is 4.31. The van der Waals surface area contributed by atoms with Crippen LogP contribution < -0.4 is 10.2 Å². The maximum Gasteiger partial charge on any atom is 0.182 e. The van der Waals surface area contributed by atoms with Crippen molar-refractivity contribution in [3.63, 3.8) is 0 Å². The Hall–Kier alpha value is -1.86. The molecule has 1 nitrogen and oxygen atoms in total. The summed E-state index contributed by atoms with van der Waals surface area (Å²) in [5.41, 5.74) is -3.08. The van der Waals surface area contributed by atoms with E-state index in [9.17, 15) is 26.3 Å². The monoisotopic (exact) mass is 320 g/mol. The van der Waals surface area contributed by atoms with Gasteiger partial charge in [0.15, 0.2) is 24.6 Å². The highest BCUT2D eigenvalue weighted by atomic mass is 19.2. The lowest BCUT2D eigenvalue weighted by Gasteiger charge is -2.25. The van der Waals surface area contributed by atoms with E-state index in [0.29, 0.717) is 19.1 Å². The van der Waals surface area contributed by atoms with Crippen molar-refractivity contribution in [2.75, 3.05) is 7.11 Å². The Balaban J connectivity index is 2.44. The molecule has 0 fully saturated rings. The molecule has 2 rings (SSSR count). The summed E-state index contributed by atoms with van der Waals surface area (Å²) in [4.78, 5) is 0. The second-order valence-corrected chi connectivity index (χ2v) is 5.10. The van der Waals surface area contributed by atoms with Gasteiger partial charge in [0.25, 0.3) is 0 Å². The number of hydrogen-bond acceptors (Lipinski definition) is 1. The summed E-state index contributed by atoms with van der Waals surface area (Å²) in [5.74, 6) is -8.89. The summed E-state index contributed by atoms with van der Waals surface area (Å²) in [5, 5.41) is 0. The number of ether oxygens (including phenoxy) is 1. The van der Waals surface area contributed by atoms with Crippen molar-refractivity contribution in [2.45, 2.75) is 18.4 Å². The number of allylic oxidation sites excluding steroid dienone is 4. The fourth-order valence-electron chi connectivity index (χ4n) is 2.33. The van der Waals surface area contributed by atoms with Crippen molar-refractivity contribution in [2.24, 2.45) is 0 Å². The lowest BCUT2D eigenvalue weighted by atomic mass is 9.56. The predicted molar refractivity (Wildman–Crippen MR) is 71.4 cm³/mol. The molecule has 8 heteroatoms. The van der Waals surface area contributed by atoms with Gasteiger partial charge in [-0.1, -0.05) is 0 Å². The maximum absolute atomic E-state index is 13.9. The minimum atomic E-state index is -2.89. The van der Waals surface area contributed by atoms with Gasteiger partial charge in [-0.25, -0.2) is 26.3 Å². The summed E-state index contributed by atoms with van der Waals surface area (Å²) in [6, 6.07) is 1.37. The van der Waals surface area contributed by atoms with Gasteiger partial charge in [-0.15, -0.1) is 0 Å². The highest BCUT2D eigenvalue weighted by Gasteiger charge is 2.41. The van der Waals surface area contributed by atoms with E-state index in [1.807, 2.05) is 0 Å². The fourth-order valence-corrected chi connectivity index (χ4v) is 2.33. The number of alkyl halides is 1. The molecule has 1 aromatic carbocycles. The lowest BCUT2D eigenvalue weighted by Crippen LogP contribution is -2.30. The van der Waals surface area contributed by atoms with E-state index in [1.54, 1.807) is 0 Å². The van der Waals surface area contributed by atoms with Gasteiger partial charge in [0, 0.05) is 11.9 Å². The molecule has 0 heterocycles. The molecule has 0 aliphatic heterocycles. The van der Waals surface area contributed by atoms with Gasteiger partial charge in [-0.3, -0.25) is 0 Å². The number of benzene rings is 1. The molecule has 0 saturated heterocycles. The number of rotatable bonds is 3. The van der Waals surface area contributed by atoms with E-state index in [4.69, 9.17) is 4.74 Å². The van der Waals surface area contributed by atoms with Crippen LogP contribution in [0, 0.1) is 11.6 Å². The van der Waals surface area contributed by atoms with Crippen LogP contribution in [0.2, 0.25) is 5.82 Å². The van der Waals surface area contributed by atoms with Gasteiger partial charge >= 0.3 is 0 Å². The first-order valence-electron chi connectivity index (χ1n) is 6.32. The van der Waals surface area contributed by atoms with Crippen LogP contribution in [0.3, 0.4) is 0 Å². The normalized spacial score (nSPS) is 25.1. The topological polar surface area (TPSA) is 9.23 Å². The molecule has 2 unspecified atom stereocenters. The third-order valence-electron chi connectivity index (χ3n) is 3.40. The zero-order valence-corrected chi connectivity index (χ0v) is 11.7. The second-order valence-electron chi connectivity index (χ2n) is 5.10. The molecule has 0 aromatic heterocycles. The smallest absolute Gasteiger partial charge is 0.182 e. The maximum atomic E-state index is 13.9. The van der Waals surface area contributed by atoms with E-state index in [0.717, 1.165) is 13.2 Å². The minimum absolute atomic E-state index is 0.195. The molecule has 0 saturated carbocycles. The molecule has 0 amide bonds. The molecule has 0 radical (unpaired) electrons. The first-order valence-corrected chi connectivity index (χ1v) is 6.32. The van der Waals surface area contributed by atoms with Gasteiger partial charge in [0.2, 0.25) is 0 Å². The van der Waals surface area contributed by atoms with Gasteiger partial charge in [0.05, 0.1) is 7.11 Å². The van der Waals surface area contributed by atoms with Crippen molar-refractivity contribution in [1.29, 1.82) is 0 Å². The molecular weight excluding hydrogens is 309 g/mol. The summed E-state index contributed by atoms with van der Waals surface area (Å²) < 4.78 is 86.4. The lowest BCUT2D eigenvalue weighted by molar-refractivity contribution is 0.233. The number of hydrogen-bond donors (Lipinski definition) is 0. The van der Waals surface area contributed by atoms with Crippen LogP contribution in [0.1, 0.15) is 6.92 Å². The SMILES string of the molecule is COc1c(F)cc(F)cc1BC1C(F)=CC(C)(F)C(F)=C1F. The van der Waals surface area contributed by atoms with Crippen LogP contribution >= 0.6 is 0 Å². The zero-order chi connectivity index (χ0) is 16.7. The zero-order valence-electron chi connectivity index (χ0n) is 11.7. The second kappa shape index (κ2) is 5.74. The summed E-state index contributed by atoms with van der Waals surface area (Å²) in [6.45, 7) is 0.667. The molecule has 1 aliphatic rings. The molecule has 0 bridgehead atoms. The van der Waals surface area contributed by atoms with E-state index in [1.165, 1.54) is 0 Å². The molecule has 2 atom stereocenters. The minimum Gasteiger partial charge on any atom is -0.494 e. The highest BCUT2D eigenvalue weighted by Crippen LogP contribution is 2.43. The first-order chi connectivity index (χ1) is 10.2. The number of halogens is 6. The molecule has 0 spiro atoms. The summed E-state index contributed by atoms with van der Waals surface area (Å²) >= 11 is 0. The van der Waals surface area contributed by atoms with Crippen LogP contribution in [-0.2, 0) is 0 Å². The van der Waals surface area contributed by atoms with Gasteiger partial charge in [-0.2, -0.15) is 0 Å². The van der Waals surface area contributed by atoms with Crippen LogP contribution in [-0.4, -0.2) is 20.1 Å². The average Bonchev–Trinajstić information content (AvgIpc) is 2.40. The molecule has 1 aliphatic carbocycles. The Morgan fingerprint density at radius 1 is 1.14 bits per heavy atom. The quantitative estimate of drug-likeness (QED) is 0.611. The van der Waals surface area contributed by atoms with E-state index in [2.05, 4.69) is 0 Å². The fraction of sp³-hybridized carbons (Fsp3) is 0.286. The Bertz CT molecular complexity index is 668. The molecule has 0 N–H and O–H groups in total. The van der Waals surface area contributed by atoms with Crippen molar-refractivity contribution in [3.8, 4) is 5.75 Å². The predicted octanol–water partition coefficient (Wildman–Crippen LogP) is 3.57. The van der Waals surface area contributed by atoms with E-state index in [-0.39, 0.29) is 5.46 Å². The number of methoxy groups -OCH3 is 1. The van der Waals surface area contributed by atoms with Gasteiger partial charge in [-0.05, 0) is 24.5 Å². The standard InChI is InChI=1S/C14H11BF6O/c1-14(21)5-9(18)10(11(19)13(14)20)15-7-3-6(16)4-8(17)12(7)22-2/h3-5,10,15H,1-2H3. The summed E-state index contributed by atoms with van der Waals surface area (Å²) in [7, 11) is 0.480. The van der Waals surface area contributed by atoms with E-state index >= 15 is 0 Å². The Labute approximate surface area is 123 Å². The van der Waals surface area contributed by atoms with Crippen molar-refractivity contribution in [1.82, 2.24) is 0 Å². The van der Waals surface area contributed by atoms with Crippen LogP contribution in [0.5, 0.6) is 5.75 Å². The van der Waals surface area contributed by atoms with Gasteiger partial charge < -0.3 is 4.74 Å². The Morgan fingerprint density at radius 3 is 2.36 bits per heavy atom. The summed E-state index contributed by atoms with van der Waals surface area (Å²) in [6.07, 6.45) is 0.304. The molecule has 22 heavy (non-hydrogen) atoms. The largest absolute Gasteiger partial charge is 0.494 e. The average molecular weight is 320 g/mol. The third-order valence-corrected chi connectivity index (χ3v) is 3.40. The molecule has 118 valence electrons. The van der Waals surface area contributed by atoms with Gasteiger partial charge in [0.1, 0.15) is 23.2 Å². The van der Waals surface area contributed by atoms with Crippen molar-refractivity contribution < 1.29 is 31.1 Å². The van der Waals surface area contributed by atoms with Crippen LogP contribution in [0.25, 0.3) is 0 Å². The Morgan fingerprint density at radius 2 is 1.77 bits per heavy atom.